The Labute approximate surface area is 266 Å². The van der Waals surface area contributed by atoms with Crippen LogP contribution in [0.3, 0.4) is 0 Å². The average molecular weight is 649 g/mol. The van der Waals surface area contributed by atoms with Crippen LogP contribution in [0.4, 0.5) is 11.4 Å². The fraction of sp³-hybridized carbons (Fsp3) is 0. The highest BCUT2D eigenvalue weighted by Crippen LogP contribution is 2.27. The first kappa shape index (κ1) is 30.6. The summed E-state index contributed by atoms with van der Waals surface area (Å²) in [6.45, 7) is 0. The van der Waals surface area contributed by atoms with E-state index < -0.39 is 45.4 Å². The van der Waals surface area contributed by atoms with Gasteiger partial charge in [0.15, 0.2) is 0 Å². The van der Waals surface area contributed by atoms with Gasteiger partial charge in [0, 0.05) is 24.3 Å². The van der Waals surface area contributed by atoms with Crippen LogP contribution in [0.15, 0.2) is 131 Å². The van der Waals surface area contributed by atoms with Crippen molar-refractivity contribution in [2.75, 3.05) is 9.80 Å². The maximum Gasteiger partial charge on any atom is 0.343 e. The third kappa shape index (κ3) is 6.10. The predicted octanol–water partition coefficient (Wildman–Crippen LogP) is 3.82. The van der Waals surface area contributed by atoms with Gasteiger partial charge in [0.2, 0.25) is 9.84 Å². The van der Waals surface area contributed by atoms with Crippen molar-refractivity contribution in [3.63, 3.8) is 0 Å². The summed E-state index contributed by atoms with van der Waals surface area (Å²) < 4.78 is 37.2. The lowest BCUT2D eigenvalue weighted by Gasteiger charge is -2.14. The molecule has 4 aromatic rings. The van der Waals surface area contributed by atoms with E-state index in [1.54, 1.807) is 0 Å². The number of carbonyl (C=O) groups is 6. The molecule has 0 unspecified atom stereocenters. The summed E-state index contributed by atoms with van der Waals surface area (Å²) in [4.78, 5) is 75.0. The minimum atomic E-state index is -4.02. The van der Waals surface area contributed by atoms with Gasteiger partial charge in [-0.1, -0.05) is 12.1 Å². The van der Waals surface area contributed by atoms with Gasteiger partial charge >= 0.3 is 11.9 Å². The van der Waals surface area contributed by atoms with Crippen molar-refractivity contribution in [1.82, 2.24) is 0 Å². The molecule has 13 heteroatoms. The number of anilines is 2. The smallest absolute Gasteiger partial charge is 0.343 e. The van der Waals surface area contributed by atoms with Crippen LogP contribution < -0.4 is 19.3 Å². The molecule has 232 valence electrons. The van der Waals surface area contributed by atoms with Gasteiger partial charge < -0.3 is 9.47 Å². The molecule has 0 saturated heterocycles. The molecule has 0 bridgehead atoms. The minimum Gasteiger partial charge on any atom is -0.423 e. The molecule has 0 N–H and O–H groups in total. The maximum absolute atomic E-state index is 13.2. The molecule has 4 amide bonds. The molecule has 47 heavy (non-hydrogen) atoms. The number of imide groups is 2. The van der Waals surface area contributed by atoms with Crippen LogP contribution >= 0.6 is 0 Å². The standard InChI is InChI=1S/C34H20N2O10S/c37-29-15-16-30(38)35(29)23-5-1-3-21(19-23)33(41)45-25-7-11-27(12-8-25)47(43,44)28-13-9-26(10-14-28)46-34(42)22-4-2-6-24(20-22)36-31(39)17-18-32(36)40/h1-20H. The van der Waals surface area contributed by atoms with Gasteiger partial charge in [-0.2, -0.15) is 0 Å². The number of ether oxygens (including phenoxy) is 2. The summed E-state index contributed by atoms with van der Waals surface area (Å²) in [6.07, 6.45) is 4.49. The number of nitrogens with zero attached hydrogens (tertiary/aromatic N) is 2. The third-order valence-electron chi connectivity index (χ3n) is 6.99. The summed E-state index contributed by atoms with van der Waals surface area (Å²) >= 11 is 0. The molecular formula is C34H20N2O10S. The molecule has 6 rings (SSSR count). The highest BCUT2D eigenvalue weighted by Gasteiger charge is 2.27. The molecule has 0 radical (unpaired) electrons. The Hall–Kier alpha value is -6.47. The molecule has 12 nitrogen and oxygen atoms in total. The molecule has 2 aliphatic heterocycles. The molecular weight excluding hydrogens is 628 g/mol. The lowest BCUT2D eigenvalue weighted by atomic mass is 10.2. The summed E-state index contributed by atoms with van der Waals surface area (Å²) in [5, 5.41) is 0. The topological polar surface area (TPSA) is 162 Å². The molecule has 0 fully saturated rings. The number of sulfone groups is 1. The number of amides is 4. The van der Waals surface area contributed by atoms with E-state index in [-0.39, 0.29) is 43.8 Å². The summed E-state index contributed by atoms with van der Waals surface area (Å²) in [7, 11) is -4.02. The van der Waals surface area contributed by atoms with E-state index in [0.717, 1.165) is 34.1 Å². The van der Waals surface area contributed by atoms with Crippen LogP contribution in [0.2, 0.25) is 0 Å². The number of esters is 2. The Morgan fingerprint density at radius 2 is 0.830 bits per heavy atom. The zero-order valence-electron chi connectivity index (χ0n) is 23.9. The van der Waals surface area contributed by atoms with Gasteiger partial charge in [0.25, 0.3) is 23.6 Å². The molecule has 2 aliphatic rings. The zero-order chi connectivity index (χ0) is 33.3. The second kappa shape index (κ2) is 12.1. The van der Waals surface area contributed by atoms with Crippen molar-refractivity contribution in [3.05, 3.63) is 132 Å². The van der Waals surface area contributed by atoms with Crippen LogP contribution in [-0.4, -0.2) is 44.0 Å². The Morgan fingerprint density at radius 3 is 1.17 bits per heavy atom. The molecule has 4 aromatic carbocycles. The highest BCUT2D eigenvalue weighted by atomic mass is 32.2. The summed E-state index contributed by atoms with van der Waals surface area (Å²) in [6, 6.07) is 21.8. The predicted molar refractivity (Wildman–Crippen MR) is 164 cm³/mol. The number of hydrogen-bond donors (Lipinski definition) is 0. The van der Waals surface area contributed by atoms with E-state index >= 15 is 0 Å². The fourth-order valence-corrected chi connectivity index (χ4v) is 5.96. The van der Waals surface area contributed by atoms with Crippen molar-refractivity contribution < 1.29 is 46.7 Å². The van der Waals surface area contributed by atoms with E-state index in [4.69, 9.17) is 9.47 Å². The molecule has 0 aromatic heterocycles. The van der Waals surface area contributed by atoms with Gasteiger partial charge in [-0.05, 0) is 84.9 Å². The van der Waals surface area contributed by atoms with Gasteiger partial charge in [0.1, 0.15) is 11.5 Å². The first-order valence-corrected chi connectivity index (χ1v) is 15.2. The van der Waals surface area contributed by atoms with Crippen molar-refractivity contribution in [2.45, 2.75) is 9.79 Å². The third-order valence-corrected chi connectivity index (χ3v) is 8.77. The number of hydrogen-bond acceptors (Lipinski definition) is 10. The highest BCUT2D eigenvalue weighted by molar-refractivity contribution is 7.91. The Kier molecular flexibility index (Phi) is 7.89. The molecule has 0 spiro atoms. The lowest BCUT2D eigenvalue weighted by molar-refractivity contribution is -0.121. The molecule has 0 aliphatic carbocycles. The number of carbonyl (C=O) groups excluding carboxylic acids is 6. The van der Waals surface area contributed by atoms with Crippen molar-refractivity contribution in [3.8, 4) is 11.5 Å². The number of rotatable bonds is 8. The largest absolute Gasteiger partial charge is 0.423 e. The minimum absolute atomic E-state index is 0.0513. The Morgan fingerprint density at radius 1 is 0.489 bits per heavy atom. The van der Waals surface area contributed by atoms with Crippen LogP contribution in [0.1, 0.15) is 20.7 Å². The van der Waals surface area contributed by atoms with E-state index in [1.165, 1.54) is 97.1 Å². The monoisotopic (exact) mass is 648 g/mol. The second-order valence-electron chi connectivity index (χ2n) is 10.0. The van der Waals surface area contributed by atoms with Crippen LogP contribution in [0.5, 0.6) is 11.5 Å². The maximum atomic E-state index is 13.2. The summed E-state index contributed by atoms with van der Waals surface area (Å²) in [5.74, 6) is -3.63. The SMILES string of the molecule is O=C(Oc1ccc(S(=O)(=O)c2ccc(OC(=O)c3cccc(N4C(=O)C=CC4=O)c3)cc2)cc1)c1cccc(N2C(=O)C=CC2=O)c1. The van der Waals surface area contributed by atoms with E-state index in [0.29, 0.717) is 0 Å². The van der Waals surface area contributed by atoms with E-state index in [9.17, 15) is 37.2 Å². The fourth-order valence-electron chi connectivity index (χ4n) is 4.70. The van der Waals surface area contributed by atoms with Crippen molar-refractivity contribution >= 4 is 56.8 Å². The number of benzene rings is 4. The van der Waals surface area contributed by atoms with Crippen molar-refractivity contribution in [1.29, 1.82) is 0 Å². The summed E-state index contributed by atoms with van der Waals surface area (Å²) in [5.41, 5.74) is 0.520. The van der Waals surface area contributed by atoms with Gasteiger partial charge in [-0.15, -0.1) is 0 Å². The average Bonchev–Trinajstić information content (AvgIpc) is 3.59. The van der Waals surface area contributed by atoms with Gasteiger partial charge in [0.05, 0.1) is 32.3 Å². The zero-order valence-corrected chi connectivity index (χ0v) is 24.7. The van der Waals surface area contributed by atoms with Gasteiger partial charge in [-0.25, -0.2) is 27.8 Å². The molecule has 0 saturated carbocycles. The van der Waals surface area contributed by atoms with Crippen LogP contribution in [0.25, 0.3) is 0 Å². The van der Waals surface area contributed by atoms with Crippen molar-refractivity contribution in [2.24, 2.45) is 0 Å². The normalized spacial score (nSPS) is 14.2. The van der Waals surface area contributed by atoms with Gasteiger partial charge in [-0.3, -0.25) is 19.2 Å². The van der Waals surface area contributed by atoms with E-state index in [1.807, 2.05) is 0 Å². The van der Waals surface area contributed by atoms with Crippen LogP contribution in [0, 0.1) is 0 Å². The van der Waals surface area contributed by atoms with E-state index in [2.05, 4.69) is 0 Å². The molecule has 2 heterocycles. The first-order valence-electron chi connectivity index (χ1n) is 13.7. The Balaban J connectivity index is 1.10. The Bertz CT molecular complexity index is 1980. The van der Waals surface area contributed by atoms with Crippen LogP contribution in [-0.2, 0) is 29.0 Å². The second-order valence-corrected chi connectivity index (χ2v) is 12.0. The lowest BCUT2D eigenvalue weighted by Crippen LogP contribution is -2.29. The quantitative estimate of drug-likeness (QED) is 0.156. The molecule has 0 atom stereocenters. The first-order chi connectivity index (χ1) is 22.5.